The topological polar surface area (TPSA) is 153 Å². The van der Waals surface area contributed by atoms with Crippen LogP contribution in [0.2, 0.25) is 0 Å². The molecule has 2 N–H and O–H groups in total. The van der Waals surface area contributed by atoms with Crippen molar-refractivity contribution in [3.8, 4) is 0 Å². The Morgan fingerprint density at radius 1 is 0.920 bits per heavy atom. The molecule has 50 heavy (non-hydrogen) atoms. The zero-order valence-corrected chi connectivity index (χ0v) is 29.6. The molecule has 1 fully saturated rings. The number of carbonyl (C=O) groups is 5. The van der Waals surface area contributed by atoms with E-state index in [1.54, 1.807) is 0 Å². The summed E-state index contributed by atoms with van der Waals surface area (Å²) < 4.78 is 27.6. The monoisotopic (exact) mass is 703 g/mol. The first kappa shape index (κ1) is 36.5. The number of likely N-dealkylation sites (N-methyl/N-ethyl adjacent to an activating group) is 2. The Labute approximate surface area is 293 Å². The third-order valence-electron chi connectivity index (χ3n) is 9.51. The number of amides is 5. The Balaban J connectivity index is 1.40. The van der Waals surface area contributed by atoms with Gasteiger partial charge in [-0.3, -0.25) is 24.0 Å². The van der Waals surface area contributed by atoms with Crippen molar-refractivity contribution in [2.75, 3.05) is 32.9 Å². The smallest absolute Gasteiger partial charge is 0.254 e. The molecule has 3 aromatic carbocycles. The van der Waals surface area contributed by atoms with Crippen molar-refractivity contribution in [2.45, 2.75) is 75.0 Å². The van der Waals surface area contributed by atoms with E-state index in [1.807, 2.05) is 49.4 Å². The summed E-state index contributed by atoms with van der Waals surface area (Å²) in [5.41, 5.74) is 0.923. The molecule has 2 heterocycles. The van der Waals surface area contributed by atoms with Crippen LogP contribution in [0.4, 0.5) is 0 Å². The Morgan fingerprint density at radius 2 is 1.68 bits per heavy atom. The molecule has 3 atom stereocenters. The van der Waals surface area contributed by atoms with Gasteiger partial charge in [0.1, 0.15) is 6.04 Å². The summed E-state index contributed by atoms with van der Waals surface area (Å²) in [6.07, 6.45) is 1.97. The van der Waals surface area contributed by atoms with Crippen molar-refractivity contribution in [1.82, 2.24) is 25.3 Å². The standard InChI is InChI=1S/C37H45N5O7S/c1-4-5-13-33(43)39-29-20-30-24-50(48,49)31-12-8-11-28(19-31)37(47)41(3)32(16-17-34(44)40(2)23-35(45)42(30)22-29)36(46)38-21-25-14-15-26-9-6-7-10-27(26)18-25/h6-12,14-15,18-19,29-30,32H,4-5,13,16-17,20-24H2,1-3H3,(H,38,46)(H,39,43)/t29-,30+,32+/m1/s1. The van der Waals surface area contributed by atoms with E-state index >= 15 is 0 Å². The lowest BCUT2D eigenvalue weighted by molar-refractivity contribution is -0.140. The van der Waals surface area contributed by atoms with E-state index in [4.69, 9.17) is 0 Å². The summed E-state index contributed by atoms with van der Waals surface area (Å²) in [6, 6.07) is 17.1. The lowest BCUT2D eigenvalue weighted by atomic mass is 10.1. The maximum atomic E-state index is 13.8. The Hall–Kier alpha value is -4.78. The lowest BCUT2D eigenvalue weighted by Crippen LogP contribution is -2.49. The van der Waals surface area contributed by atoms with Gasteiger partial charge >= 0.3 is 0 Å². The zero-order valence-electron chi connectivity index (χ0n) is 28.8. The van der Waals surface area contributed by atoms with Crippen LogP contribution in [0.3, 0.4) is 0 Å². The number of nitrogens with one attached hydrogen (secondary N) is 2. The first-order chi connectivity index (χ1) is 23.9. The van der Waals surface area contributed by atoms with Crippen LogP contribution in [0.5, 0.6) is 0 Å². The average Bonchev–Trinajstić information content (AvgIpc) is 3.49. The molecule has 12 nitrogen and oxygen atoms in total. The molecule has 2 bridgehead atoms. The fraction of sp³-hybridized carbons (Fsp3) is 0.432. The molecule has 0 aromatic heterocycles. The SMILES string of the molecule is CCCCC(=O)N[C@@H]1C[C@H]2CS(=O)(=O)c3cccc(c3)C(=O)N(C)[C@H](C(=O)NCc3ccc4ccccc4c3)CCC(=O)N(C)CC(=O)N2C1. The second-order valence-corrected chi connectivity index (χ2v) is 15.3. The lowest BCUT2D eigenvalue weighted by Gasteiger charge is -2.30. The molecule has 3 aromatic rings. The molecule has 0 aliphatic carbocycles. The van der Waals surface area contributed by atoms with Crippen LogP contribution in [0.25, 0.3) is 10.8 Å². The minimum atomic E-state index is -4.02. The predicted octanol–water partition coefficient (Wildman–Crippen LogP) is 2.90. The van der Waals surface area contributed by atoms with E-state index in [0.29, 0.717) is 12.8 Å². The normalized spacial score (nSPS) is 21.6. The van der Waals surface area contributed by atoms with Crippen LogP contribution in [-0.4, -0.2) is 104 Å². The van der Waals surface area contributed by atoms with Crippen LogP contribution in [0.15, 0.2) is 71.6 Å². The number of hydrogen-bond acceptors (Lipinski definition) is 7. The fourth-order valence-corrected chi connectivity index (χ4v) is 8.24. The van der Waals surface area contributed by atoms with Crippen LogP contribution in [0.1, 0.15) is 61.4 Å². The van der Waals surface area contributed by atoms with Gasteiger partial charge < -0.3 is 25.3 Å². The molecular formula is C37H45N5O7S. The highest BCUT2D eigenvalue weighted by atomic mass is 32.2. The Bertz CT molecular complexity index is 1880. The van der Waals surface area contributed by atoms with Gasteiger partial charge in [-0.05, 0) is 59.9 Å². The summed E-state index contributed by atoms with van der Waals surface area (Å²) in [5, 5.41) is 7.91. The van der Waals surface area contributed by atoms with Crippen molar-refractivity contribution < 1.29 is 32.4 Å². The molecule has 0 radical (unpaired) electrons. The zero-order chi connectivity index (χ0) is 36.0. The van der Waals surface area contributed by atoms with E-state index in [0.717, 1.165) is 22.8 Å². The summed E-state index contributed by atoms with van der Waals surface area (Å²) >= 11 is 0. The van der Waals surface area contributed by atoms with E-state index in [-0.39, 0.29) is 55.3 Å². The number of benzene rings is 3. The second kappa shape index (κ2) is 15.8. The van der Waals surface area contributed by atoms with Gasteiger partial charge in [-0.1, -0.05) is 55.8 Å². The predicted molar refractivity (Wildman–Crippen MR) is 189 cm³/mol. The highest BCUT2D eigenvalue weighted by Gasteiger charge is 2.40. The number of carbonyl (C=O) groups excluding carboxylic acids is 5. The van der Waals surface area contributed by atoms with Crippen molar-refractivity contribution in [3.63, 3.8) is 0 Å². The van der Waals surface area contributed by atoms with Gasteiger partial charge in [0.05, 0.1) is 17.2 Å². The van der Waals surface area contributed by atoms with Crippen LogP contribution < -0.4 is 10.6 Å². The van der Waals surface area contributed by atoms with Crippen LogP contribution in [-0.2, 0) is 35.6 Å². The highest BCUT2D eigenvalue weighted by Crippen LogP contribution is 2.25. The summed E-state index contributed by atoms with van der Waals surface area (Å²) in [7, 11) is -1.09. The van der Waals surface area contributed by atoms with E-state index in [2.05, 4.69) is 10.6 Å². The quantitative estimate of drug-likeness (QED) is 0.384. The minimum absolute atomic E-state index is 0.0284. The molecule has 5 amide bonds. The molecule has 13 heteroatoms. The minimum Gasteiger partial charge on any atom is -0.352 e. The molecule has 0 unspecified atom stereocenters. The van der Waals surface area contributed by atoms with Gasteiger partial charge in [-0.15, -0.1) is 0 Å². The van der Waals surface area contributed by atoms with Crippen molar-refractivity contribution in [3.05, 3.63) is 77.9 Å². The number of rotatable bonds is 7. The first-order valence-corrected chi connectivity index (χ1v) is 18.7. The number of hydrogen-bond donors (Lipinski definition) is 2. The van der Waals surface area contributed by atoms with Gasteiger partial charge in [-0.2, -0.15) is 0 Å². The Morgan fingerprint density at radius 3 is 2.44 bits per heavy atom. The molecule has 2 aliphatic rings. The van der Waals surface area contributed by atoms with E-state index in [9.17, 15) is 32.4 Å². The molecular weight excluding hydrogens is 659 g/mol. The van der Waals surface area contributed by atoms with Crippen molar-refractivity contribution in [1.29, 1.82) is 0 Å². The maximum Gasteiger partial charge on any atom is 0.254 e. The Kier molecular flexibility index (Phi) is 11.6. The summed E-state index contributed by atoms with van der Waals surface area (Å²) in [5.74, 6) is -2.49. The second-order valence-electron chi connectivity index (χ2n) is 13.2. The largest absolute Gasteiger partial charge is 0.352 e. The number of nitrogens with zero attached hydrogens (tertiary/aromatic N) is 3. The number of unbranched alkanes of at least 4 members (excludes halogenated alkanes) is 1. The molecule has 1 saturated heterocycles. The van der Waals surface area contributed by atoms with Crippen molar-refractivity contribution >= 4 is 50.1 Å². The highest BCUT2D eigenvalue weighted by molar-refractivity contribution is 7.91. The molecule has 0 spiro atoms. The van der Waals surface area contributed by atoms with Gasteiger partial charge in [0.25, 0.3) is 5.91 Å². The molecule has 0 saturated carbocycles. The average molecular weight is 704 g/mol. The van der Waals surface area contributed by atoms with E-state index < -0.39 is 57.3 Å². The fourth-order valence-electron chi connectivity index (χ4n) is 6.63. The van der Waals surface area contributed by atoms with Crippen LogP contribution in [0, 0.1) is 0 Å². The summed E-state index contributed by atoms with van der Waals surface area (Å²) in [4.78, 5) is 70.8. The maximum absolute atomic E-state index is 13.8. The van der Waals surface area contributed by atoms with Gasteiger partial charge in [0.15, 0.2) is 9.84 Å². The van der Waals surface area contributed by atoms with Gasteiger partial charge in [0, 0.05) is 57.7 Å². The third-order valence-corrected chi connectivity index (χ3v) is 11.3. The first-order valence-electron chi connectivity index (χ1n) is 17.0. The van der Waals surface area contributed by atoms with Gasteiger partial charge in [-0.25, -0.2) is 8.42 Å². The molecule has 2 aliphatic heterocycles. The van der Waals surface area contributed by atoms with Gasteiger partial charge in [0.2, 0.25) is 23.6 Å². The van der Waals surface area contributed by atoms with Crippen LogP contribution >= 0.6 is 0 Å². The summed E-state index contributed by atoms with van der Waals surface area (Å²) in [6.45, 7) is 1.97. The molecule has 266 valence electrons. The third kappa shape index (κ3) is 8.68. The van der Waals surface area contributed by atoms with Crippen molar-refractivity contribution in [2.24, 2.45) is 0 Å². The number of fused-ring (bicyclic) bond motifs is 4. The van der Waals surface area contributed by atoms with E-state index in [1.165, 1.54) is 53.1 Å². The molecule has 5 rings (SSSR count). The number of sulfone groups is 1.